The number of carboxylic acid groups (broad SMARTS) is 1. The first kappa shape index (κ1) is 9.88. The van der Waals surface area contributed by atoms with E-state index in [9.17, 15) is 9.90 Å². The highest BCUT2D eigenvalue weighted by Gasteiger charge is 2.66. The van der Waals surface area contributed by atoms with Crippen LogP contribution in [-0.4, -0.2) is 11.1 Å². The van der Waals surface area contributed by atoms with E-state index in [2.05, 4.69) is 25.1 Å². The molecule has 0 radical (unpaired) electrons. The van der Waals surface area contributed by atoms with E-state index in [0.29, 0.717) is 5.92 Å². The van der Waals surface area contributed by atoms with E-state index in [1.807, 2.05) is 6.07 Å². The van der Waals surface area contributed by atoms with Crippen molar-refractivity contribution >= 4 is 5.97 Å². The highest BCUT2D eigenvalue weighted by Crippen LogP contribution is 2.66. The van der Waals surface area contributed by atoms with E-state index in [1.165, 1.54) is 24.0 Å². The van der Waals surface area contributed by atoms with Gasteiger partial charge in [0.15, 0.2) is 0 Å². The standard InChI is InChI=1S/C14H16O2/c1-9-3-2-4-11(7-9)14(10-5-6-10)8-12(14)13(15)16/h2-4,7,10,12H,5-6,8H2,1H3,(H,15,16)/t12-,14?/m0/s1. The molecule has 0 aliphatic heterocycles. The molecule has 0 saturated heterocycles. The average Bonchev–Trinajstić information content (AvgIpc) is 3.11. The van der Waals surface area contributed by atoms with Gasteiger partial charge in [0.25, 0.3) is 0 Å². The highest BCUT2D eigenvalue weighted by atomic mass is 16.4. The molecule has 2 atom stereocenters. The summed E-state index contributed by atoms with van der Waals surface area (Å²) in [5, 5.41) is 9.20. The quantitative estimate of drug-likeness (QED) is 0.843. The van der Waals surface area contributed by atoms with Crippen molar-refractivity contribution in [1.29, 1.82) is 0 Å². The highest BCUT2D eigenvalue weighted by molar-refractivity contribution is 5.77. The van der Waals surface area contributed by atoms with Crippen LogP contribution in [0.5, 0.6) is 0 Å². The van der Waals surface area contributed by atoms with Crippen molar-refractivity contribution in [3.05, 3.63) is 35.4 Å². The molecule has 0 heterocycles. The minimum absolute atomic E-state index is 0.0160. The van der Waals surface area contributed by atoms with Crippen LogP contribution in [0.3, 0.4) is 0 Å². The molecule has 2 fully saturated rings. The summed E-state index contributed by atoms with van der Waals surface area (Å²) in [6.45, 7) is 2.07. The Morgan fingerprint density at radius 1 is 1.44 bits per heavy atom. The zero-order valence-electron chi connectivity index (χ0n) is 9.44. The minimum atomic E-state index is -0.617. The van der Waals surface area contributed by atoms with Gasteiger partial charge in [-0.15, -0.1) is 0 Å². The van der Waals surface area contributed by atoms with Crippen molar-refractivity contribution in [2.45, 2.75) is 31.6 Å². The SMILES string of the molecule is Cc1cccc(C2(C3CC3)C[C@H]2C(=O)O)c1. The van der Waals surface area contributed by atoms with Crippen LogP contribution in [0, 0.1) is 18.8 Å². The molecule has 0 amide bonds. The van der Waals surface area contributed by atoms with Gasteiger partial charge >= 0.3 is 5.97 Å². The zero-order chi connectivity index (χ0) is 11.3. The monoisotopic (exact) mass is 216 g/mol. The molecule has 0 aromatic heterocycles. The van der Waals surface area contributed by atoms with Crippen molar-refractivity contribution in [3.8, 4) is 0 Å². The molecule has 1 aromatic rings. The van der Waals surface area contributed by atoms with Crippen molar-refractivity contribution < 1.29 is 9.90 Å². The summed E-state index contributed by atoms with van der Waals surface area (Å²) in [5.41, 5.74) is 2.47. The molecular formula is C14H16O2. The summed E-state index contributed by atoms with van der Waals surface area (Å²) in [5.74, 6) is -0.134. The molecule has 0 bridgehead atoms. The predicted molar refractivity (Wildman–Crippen MR) is 61.3 cm³/mol. The fourth-order valence-corrected chi connectivity index (χ4v) is 3.13. The summed E-state index contributed by atoms with van der Waals surface area (Å²) < 4.78 is 0. The molecule has 2 aliphatic rings. The Balaban J connectivity index is 1.99. The average molecular weight is 216 g/mol. The van der Waals surface area contributed by atoms with E-state index in [4.69, 9.17) is 0 Å². The summed E-state index contributed by atoms with van der Waals surface area (Å²) in [7, 11) is 0. The maximum Gasteiger partial charge on any atom is 0.307 e. The van der Waals surface area contributed by atoms with Crippen LogP contribution in [-0.2, 0) is 10.2 Å². The van der Waals surface area contributed by atoms with E-state index >= 15 is 0 Å². The van der Waals surface area contributed by atoms with E-state index in [0.717, 1.165) is 6.42 Å². The molecule has 2 saturated carbocycles. The lowest BCUT2D eigenvalue weighted by Gasteiger charge is -2.16. The van der Waals surface area contributed by atoms with Crippen molar-refractivity contribution in [3.63, 3.8) is 0 Å². The number of hydrogen-bond acceptors (Lipinski definition) is 1. The molecule has 2 nitrogen and oxygen atoms in total. The van der Waals surface area contributed by atoms with Crippen molar-refractivity contribution in [2.75, 3.05) is 0 Å². The van der Waals surface area contributed by atoms with Crippen LogP contribution in [0.2, 0.25) is 0 Å². The van der Waals surface area contributed by atoms with Crippen LogP contribution in [0.1, 0.15) is 30.4 Å². The second-order valence-corrected chi connectivity index (χ2v) is 5.28. The lowest BCUT2D eigenvalue weighted by atomic mass is 9.87. The number of aryl methyl sites for hydroxylation is 1. The van der Waals surface area contributed by atoms with Crippen molar-refractivity contribution in [1.82, 2.24) is 0 Å². The summed E-state index contributed by atoms with van der Waals surface area (Å²) in [6.07, 6.45) is 3.26. The van der Waals surface area contributed by atoms with Gasteiger partial charge < -0.3 is 5.11 Å². The topological polar surface area (TPSA) is 37.3 Å². The molecule has 1 unspecified atom stereocenters. The van der Waals surface area contributed by atoms with Crippen LogP contribution < -0.4 is 0 Å². The van der Waals surface area contributed by atoms with Gasteiger partial charge in [-0.05, 0) is 37.7 Å². The number of carboxylic acids is 1. The molecule has 84 valence electrons. The summed E-state index contributed by atoms with van der Waals surface area (Å²) in [4.78, 5) is 11.2. The number of aliphatic carboxylic acids is 1. The fourth-order valence-electron chi connectivity index (χ4n) is 3.13. The molecule has 1 N–H and O–H groups in total. The Labute approximate surface area is 95.3 Å². The maximum atomic E-state index is 11.2. The van der Waals surface area contributed by atoms with E-state index in [-0.39, 0.29) is 11.3 Å². The number of hydrogen-bond donors (Lipinski definition) is 1. The van der Waals surface area contributed by atoms with Gasteiger partial charge in [0, 0.05) is 5.41 Å². The largest absolute Gasteiger partial charge is 0.481 e. The van der Waals surface area contributed by atoms with Crippen LogP contribution in [0.15, 0.2) is 24.3 Å². The second-order valence-electron chi connectivity index (χ2n) is 5.28. The van der Waals surface area contributed by atoms with Gasteiger partial charge in [-0.3, -0.25) is 4.79 Å². The Hall–Kier alpha value is -1.31. The van der Waals surface area contributed by atoms with E-state index in [1.54, 1.807) is 0 Å². The Bertz CT molecular complexity index is 448. The number of benzene rings is 1. The molecule has 0 spiro atoms. The molecule has 3 rings (SSSR count). The van der Waals surface area contributed by atoms with Gasteiger partial charge in [0.2, 0.25) is 0 Å². The lowest BCUT2D eigenvalue weighted by Crippen LogP contribution is -2.17. The first-order chi connectivity index (χ1) is 7.64. The van der Waals surface area contributed by atoms with Crippen molar-refractivity contribution in [2.24, 2.45) is 11.8 Å². The predicted octanol–water partition coefficient (Wildman–Crippen LogP) is 2.75. The van der Waals surface area contributed by atoms with Gasteiger partial charge in [-0.25, -0.2) is 0 Å². The second kappa shape index (κ2) is 3.09. The van der Waals surface area contributed by atoms with E-state index < -0.39 is 5.97 Å². The number of carbonyl (C=O) groups is 1. The smallest absolute Gasteiger partial charge is 0.307 e. The minimum Gasteiger partial charge on any atom is -0.481 e. The molecule has 2 heteroatoms. The zero-order valence-corrected chi connectivity index (χ0v) is 9.44. The lowest BCUT2D eigenvalue weighted by molar-refractivity contribution is -0.139. The molecule has 2 aliphatic carbocycles. The summed E-state index contributed by atoms with van der Waals surface area (Å²) in [6, 6.07) is 8.39. The Morgan fingerprint density at radius 3 is 2.69 bits per heavy atom. The van der Waals surface area contributed by atoms with Gasteiger partial charge in [0.05, 0.1) is 5.92 Å². The number of rotatable bonds is 3. The fraction of sp³-hybridized carbons (Fsp3) is 0.500. The van der Waals surface area contributed by atoms with Gasteiger partial charge in [-0.1, -0.05) is 29.8 Å². The summed E-state index contributed by atoms with van der Waals surface area (Å²) >= 11 is 0. The third-order valence-corrected chi connectivity index (χ3v) is 4.16. The first-order valence-electron chi connectivity index (χ1n) is 5.94. The third kappa shape index (κ3) is 1.29. The molecule has 1 aromatic carbocycles. The van der Waals surface area contributed by atoms with Crippen LogP contribution in [0.25, 0.3) is 0 Å². The van der Waals surface area contributed by atoms with Crippen LogP contribution in [0.4, 0.5) is 0 Å². The van der Waals surface area contributed by atoms with Gasteiger partial charge in [0.1, 0.15) is 0 Å². The third-order valence-electron chi connectivity index (χ3n) is 4.16. The van der Waals surface area contributed by atoms with Crippen LogP contribution >= 0.6 is 0 Å². The Morgan fingerprint density at radius 2 is 2.19 bits per heavy atom. The molecular weight excluding hydrogens is 200 g/mol. The Kier molecular flexibility index (Phi) is 1.91. The maximum absolute atomic E-state index is 11.2. The normalized spacial score (nSPS) is 32.4. The van der Waals surface area contributed by atoms with Gasteiger partial charge in [-0.2, -0.15) is 0 Å². The molecule has 16 heavy (non-hydrogen) atoms. The first-order valence-corrected chi connectivity index (χ1v) is 5.94.